The first-order chi connectivity index (χ1) is 52.1. The van der Waals surface area contributed by atoms with E-state index in [4.69, 9.17) is 68.2 Å². The molecular formula is C83H96Cl2N14O10. The second kappa shape index (κ2) is 31.7. The molecule has 0 bridgehead atoms. The second-order valence-corrected chi connectivity index (χ2v) is 31.1. The molecule has 572 valence electrons. The Hall–Kier alpha value is -9.15. The van der Waals surface area contributed by atoms with Gasteiger partial charge in [-0.2, -0.15) is 0 Å². The Labute approximate surface area is 644 Å². The molecule has 17 rings (SSSR count). The van der Waals surface area contributed by atoms with Gasteiger partial charge in [-0.25, -0.2) is 39.9 Å². The summed E-state index contributed by atoms with van der Waals surface area (Å²) < 4.78 is 42.1. The zero-order valence-corrected chi connectivity index (χ0v) is 64.8. The van der Waals surface area contributed by atoms with Crippen molar-refractivity contribution in [3.63, 3.8) is 0 Å². The summed E-state index contributed by atoms with van der Waals surface area (Å²) in [6.07, 6.45) is 27.2. The third-order valence-electron chi connectivity index (χ3n) is 21.2. The molecule has 24 nitrogen and oxygen atoms in total. The molecule has 0 saturated carbocycles. The highest BCUT2D eigenvalue weighted by molar-refractivity contribution is 6.32. The van der Waals surface area contributed by atoms with Gasteiger partial charge in [0.15, 0.2) is 67.8 Å². The van der Waals surface area contributed by atoms with Crippen LogP contribution in [-0.4, -0.2) is 154 Å². The summed E-state index contributed by atoms with van der Waals surface area (Å²) in [5.41, 5.74) is 24.3. The molecule has 0 amide bonds. The predicted octanol–water partition coefficient (Wildman–Crippen LogP) is 13.3. The Morgan fingerprint density at radius 1 is 0.495 bits per heavy atom. The van der Waals surface area contributed by atoms with Gasteiger partial charge in [-0.3, -0.25) is 18.0 Å². The molecule has 3 aliphatic heterocycles. The first-order valence-electron chi connectivity index (χ1n) is 37.0. The number of carbonyl (C=O) groups excluding carboxylic acids is 1. The van der Waals surface area contributed by atoms with Crippen LogP contribution in [0.3, 0.4) is 0 Å². The van der Waals surface area contributed by atoms with Gasteiger partial charge in [0.25, 0.3) is 0 Å². The molecule has 3 aromatic carbocycles. The number of nitrogens with zero attached hydrogens (tertiary/aromatic N) is 11. The Morgan fingerprint density at radius 3 is 1.31 bits per heavy atom. The summed E-state index contributed by atoms with van der Waals surface area (Å²) in [5, 5.41) is 32.6. The molecule has 3 fully saturated rings. The Bertz CT molecular complexity index is 4790. The number of aromatic nitrogens is 11. The van der Waals surface area contributed by atoms with Crippen LogP contribution in [0.15, 0.2) is 206 Å². The van der Waals surface area contributed by atoms with E-state index in [1.54, 1.807) is 41.5 Å². The molecule has 7 aliphatic rings. The molecule has 7 aromatic heterocycles. The van der Waals surface area contributed by atoms with Crippen LogP contribution < -0.4 is 16.8 Å². The zero-order valence-electron chi connectivity index (χ0n) is 63.3. The predicted molar refractivity (Wildman–Crippen MR) is 417 cm³/mol. The quantitative estimate of drug-likeness (QED) is 0.0435. The van der Waals surface area contributed by atoms with E-state index < -0.39 is 35.5 Å². The number of nitrogens with two attached hydrogens (primary N) is 2. The fourth-order valence-corrected chi connectivity index (χ4v) is 16.8. The van der Waals surface area contributed by atoms with Crippen LogP contribution in [0.1, 0.15) is 154 Å². The van der Waals surface area contributed by atoms with E-state index in [9.17, 15) is 15.0 Å². The molecule has 4 aliphatic carbocycles. The molecule has 3 saturated heterocycles. The molecule has 12 atom stereocenters. The molecule has 26 heteroatoms. The normalized spacial score (nSPS) is 25.3. The van der Waals surface area contributed by atoms with E-state index in [-0.39, 0.29) is 89.3 Å². The van der Waals surface area contributed by atoms with E-state index in [0.717, 1.165) is 36.2 Å². The van der Waals surface area contributed by atoms with Crippen molar-refractivity contribution < 1.29 is 48.5 Å². The van der Waals surface area contributed by atoms with E-state index in [1.165, 1.54) is 40.2 Å². The number of nitrogens with one attached hydrogen (secondary N) is 1. The smallest absolute Gasteiger partial charge is 0.180 e. The average molecular weight is 1520 g/mol. The Morgan fingerprint density at radius 2 is 0.881 bits per heavy atom. The fraction of sp³-hybridized carbons (Fsp3) is 0.410. The zero-order chi connectivity index (χ0) is 77.5. The highest BCUT2D eigenvalue weighted by Crippen LogP contribution is 2.53. The van der Waals surface area contributed by atoms with Crippen molar-refractivity contribution in [3.05, 3.63) is 250 Å². The van der Waals surface area contributed by atoms with Crippen molar-refractivity contribution in [1.82, 2.24) is 53.1 Å². The standard InChI is InChI=1S/C23H24.C16H20ClN3O3.C16H18ClN3O2.C16H20N4O2.C12H14N4O3/c1-22(2,3)23(19-13-7-4-8-14-19,20-15-9-5-10-16-20)21-17-11-6-12-18-21;1-4-9-7-10(13-12(9)22-16(2,3)23-13)11(21)8-20-15-14(17)18-5-6-19-15;2*1-4-9-7-10(13-12(9)21-16(2,3)22-13)11-8-19-15-14(17)18-5-6-20(11)15;13-11-12-15-4-8(16(12)2-1-14-11)7-3-6(5-17)9(18)10(7)19/h4-18H,1-3H3;5-7,10,12-13H,4,8H2,1-3H3,(H,19,20);5-8,10,12-13H,4H2,1-3H3;5-8,10,12-13H,4H2,1-3H3,(H2,17,18);1-4,7,9-10,17-19H,5H2,(H2,13,14)/t;3*10-,12+,13-;7-,9+,10-/m.0000/s1. The topological polar surface area (TPSA) is 314 Å². The molecule has 10 aromatic rings. The highest BCUT2D eigenvalue weighted by Gasteiger charge is 2.54. The number of halogens is 2. The molecule has 0 unspecified atom stereocenters. The first kappa shape index (κ1) is 78.0. The summed E-state index contributed by atoms with van der Waals surface area (Å²) in [4.78, 5) is 45.7. The Balaban J connectivity index is 0.000000120. The fourth-order valence-electron chi connectivity index (χ4n) is 16.4. The number of aliphatic hydroxyl groups is 3. The largest absolute Gasteiger partial charge is 0.392 e. The number of hydrogen-bond acceptors (Lipinski definition) is 21. The first-order valence-corrected chi connectivity index (χ1v) is 37.7. The number of benzene rings is 3. The minimum atomic E-state index is -1.06. The number of ketones is 1. The van der Waals surface area contributed by atoms with E-state index in [0.29, 0.717) is 50.8 Å². The summed E-state index contributed by atoms with van der Waals surface area (Å²) >= 11 is 12.1. The molecular weight excluding hydrogens is 1420 g/mol. The third kappa shape index (κ3) is 15.5. The SMILES string of the molecule is CC(C)(C)C(c1ccccc1)(c1ccccc1)c1ccccc1.CCC1=C[C@@H](C(=O)CNc2nccnc2Cl)[C@@H]2OC(C)(C)O[C@H]12.CCC1=C[C@@H](c2cnc3c(Cl)nccn23)[C@@H]2OC(C)(C)O[C@H]12.CCC1=C[C@@H](c2cnc3c(N)nccn23)[C@@H]2OC(C)(C)O[C@H]12.Nc1nccn2c([C@@H]3C=C(CO)[C@@H](O)[C@H]3O)cnc12. The lowest BCUT2D eigenvalue weighted by Gasteiger charge is -2.46. The van der Waals surface area contributed by atoms with Crippen LogP contribution >= 0.6 is 23.2 Å². The van der Waals surface area contributed by atoms with Gasteiger partial charge in [-0.05, 0) is 105 Å². The van der Waals surface area contributed by atoms with Crippen LogP contribution in [0.25, 0.3) is 16.9 Å². The van der Waals surface area contributed by atoms with Crippen molar-refractivity contribution in [2.45, 2.75) is 192 Å². The lowest BCUT2D eigenvalue weighted by atomic mass is 9.56. The van der Waals surface area contributed by atoms with E-state index in [1.807, 2.05) is 81.2 Å². The number of aliphatic hydroxyl groups excluding tert-OH is 3. The molecule has 0 spiro atoms. The number of fused-ring (bicyclic) bond motifs is 6. The van der Waals surface area contributed by atoms with Crippen molar-refractivity contribution in [2.75, 3.05) is 29.9 Å². The number of Topliss-reactive ketones (excluding diaryl/α,β-unsaturated/α-hetero) is 1. The monoisotopic (exact) mass is 1520 g/mol. The summed E-state index contributed by atoms with van der Waals surface area (Å²) in [6.45, 7) is 24.8. The molecule has 8 N–H and O–H groups in total. The maximum atomic E-state index is 12.6. The van der Waals surface area contributed by atoms with Gasteiger partial charge < -0.3 is 60.5 Å². The van der Waals surface area contributed by atoms with Crippen LogP contribution in [-0.2, 0) is 38.6 Å². The second-order valence-electron chi connectivity index (χ2n) is 30.4. The van der Waals surface area contributed by atoms with Gasteiger partial charge in [-0.1, -0.05) is 180 Å². The van der Waals surface area contributed by atoms with Crippen molar-refractivity contribution in [2.24, 2.45) is 11.3 Å². The minimum absolute atomic E-state index is 0.0146. The lowest BCUT2D eigenvalue weighted by molar-refractivity contribution is -0.151. The lowest BCUT2D eigenvalue weighted by Crippen LogP contribution is -2.42. The molecule has 0 radical (unpaired) electrons. The minimum Gasteiger partial charge on any atom is -0.392 e. The number of rotatable bonds is 14. The van der Waals surface area contributed by atoms with Crippen molar-refractivity contribution in [1.29, 1.82) is 0 Å². The Kier molecular flexibility index (Phi) is 22.7. The number of nitrogen functional groups attached to an aromatic ring is 2. The summed E-state index contributed by atoms with van der Waals surface area (Å²) in [7, 11) is 0. The number of ether oxygens (including phenoxy) is 6. The molecule has 109 heavy (non-hydrogen) atoms. The van der Waals surface area contributed by atoms with Crippen LogP contribution in [0.4, 0.5) is 17.5 Å². The highest BCUT2D eigenvalue weighted by atomic mass is 35.5. The number of anilines is 3. The number of carbonyl (C=O) groups is 1. The maximum Gasteiger partial charge on any atom is 0.180 e. The van der Waals surface area contributed by atoms with Gasteiger partial charge >= 0.3 is 0 Å². The molecule has 10 heterocycles. The number of imidazole rings is 3. The van der Waals surface area contributed by atoms with Gasteiger partial charge in [0, 0.05) is 72.7 Å². The summed E-state index contributed by atoms with van der Waals surface area (Å²) in [6, 6.07) is 32.6. The van der Waals surface area contributed by atoms with E-state index in [2.05, 4.69) is 190 Å². The van der Waals surface area contributed by atoms with Gasteiger partial charge in [0.1, 0.15) is 42.7 Å². The maximum absolute atomic E-state index is 12.6. The average Bonchev–Trinajstić information content (AvgIpc) is 1.68. The van der Waals surface area contributed by atoms with Crippen LogP contribution in [0, 0.1) is 11.3 Å². The van der Waals surface area contributed by atoms with Gasteiger partial charge in [0.2, 0.25) is 0 Å². The van der Waals surface area contributed by atoms with Crippen LogP contribution in [0.2, 0.25) is 10.3 Å². The van der Waals surface area contributed by atoms with Crippen LogP contribution in [0.5, 0.6) is 0 Å². The summed E-state index contributed by atoms with van der Waals surface area (Å²) in [5.74, 6) is -1.15. The third-order valence-corrected chi connectivity index (χ3v) is 21.7. The van der Waals surface area contributed by atoms with Crippen molar-refractivity contribution in [3.8, 4) is 0 Å². The van der Waals surface area contributed by atoms with Gasteiger partial charge in [0.05, 0.1) is 60.8 Å². The number of hydrogen-bond donors (Lipinski definition) is 6. The van der Waals surface area contributed by atoms with Gasteiger partial charge in [-0.15, -0.1) is 0 Å². The van der Waals surface area contributed by atoms with Crippen molar-refractivity contribution >= 4 is 63.4 Å². The van der Waals surface area contributed by atoms with E-state index >= 15 is 0 Å².